The monoisotopic (exact) mass is 431 g/mol. The quantitative estimate of drug-likeness (QED) is 0.635. The zero-order valence-electron chi connectivity index (χ0n) is 16.1. The number of hydrogen-bond acceptors (Lipinski definition) is 5. The molecule has 0 radical (unpaired) electrons. The molecule has 8 heteroatoms. The third-order valence-electron chi connectivity index (χ3n) is 4.95. The van der Waals surface area contributed by atoms with Crippen LogP contribution in [0.15, 0.2) is 42.5 Å². The van der Waals surface area contributed by atoms with E-state index in [2.05, 4.69) is 10.3 Å². The van der Waals surface area contributed by atoms with Gasteiger partial charge in [-0.15, -0.1) is 0 Å². The van der Waals surface area contributed by atoms with E-state index in [1.165, 1.54) is 11.3 Å². The first-order valence-corrected chi connectivity index (χ1v) is 10.7. The number of amides is 2. The molecule has 0 bridgehead atoms. The lowest BCUT2D eigenvalue weighted by Crippen LogP contribution is -2.46. The Morgan fingerprint density at radius 1 is 1.24 bits per heavy atom. The molecule has 0 saturated carbocycles. The number of fused-ring (bicyclic) bond motifs is 1. The molecular formula is C21H22ClN3O3S. The van der Waals surface area contributed by atoms with Gasteiger partial charge in [0.15, 0.2) is 0 Å². The smallest absolute Gasteiger partial charge is 0.317 e. The Morgan fingerprint density at radius 2 is 2.00 bits per heavy atom. The van der Waals surface area contributed by atoms with E-state index in [4.69, 9.17) is 21.1 Å². The molecule has 0 aliphatic carbocycles. The van der Waals surface area contributed by atoms with Crippen LogP contribution in [0, 0.1) is 0 Å². The molecule has 0 spiro atoms. The Kier molecular flexibility index (Phi) is 6.06. The molecule has 1 aliphatic rings. The fraction of sp³-hybridized carbons (Fsp3) is 0.333. The van der Waals surface area contributed by atoms with Crippen LogP contribution >= 0.6 is 22.9 Å². The summed E-state index contributed by atoms with van der Waals surface area (Å²) >= 11 is 7.69. The van der Waals surface area contributed by atoms with Crippen molar-refractivity contribution in [3.05, 3.63) is 53.1 Å². The van der Waals surface area contributed by atoms with Gasteiger partial charge < -0.3 is 19.7 Å². The van der Waals surface area contributed by atoms with Gasteiger partial charge in [-0.05, 0) is 29.8 Å². The highest BCUT2D eigenvalue weighted by Crippen LogP contribution is 2.33. The first kappa shape index (κ1) is 19.8. The molecule has 2 amide bonds. The number of carbonyl (C=O) groups is 1. The summed E-state index contributed by atoms with van der Waals surface area (Å²) in [5.74, 6) is 0.803. The van der Waals surface area contributed by atoms with E-state index in [0.717, 1.165) is 34.4 Å². The molecule has 1 N–H and O–H groups in total. The van der Waals surface area contributed by atoms with Gasteiger partial charge in [0.1, 0.15) is 17.4 Å². The van der Waals surface area contributed by atoms with Crippen molar-refractivity contribution in [2.24, 2.45) is 0 Å². The third kappa shape index (κ3) is 4.74. The number of methoxy groups -OCH3 is 1. The van der Waals surface area contributed by atoms with E-state index in [-0.39, 0.29) is 12.1 Å². The molecule has 29 heavy (non-hydrogen) atoms. The number of ether oxygens (including phenoxy) is 2. The van der Waals surface area contributed by atoms with Crippen LogP contribution in [0.25, 0.3) is 10.2 Å². The first-order chi connectivity index (χ1) is 14.1. The second-order valence-corrected chi connectivity index (χ2v) is 8.28. The van der Waals surface area contributed by atoms with Crippen molar-refractivity contribution >= 4 is 39.2 Å². The number of thiazole rings is 1. The van der Waals surface area contributed by atoms with Gasteiger partial charge in [-0.2, -0.15) is 0 Å². The molecule has 4 rings (SSSR count). The number of carbonyl (C=O) groups excluding carboxylic acids is 1. The number of hydrogen-bond donors (Lipinski definition) is 1. The second kappa shape index (κ2) is 8.88. The number of halogens is 1. The van der Waals surface area contributed by atoms with Gasteiger partial charge in [-0.3, -0.25) is 0 Å². The number of para-hydroxylation sites is 1. The van der Waals surface area contributed by atoms with E-state index in [9.17, 15) is 4.79 Å². The van der Waals surface area contributed by atoms with Gasteiger partial charge >= 0.3 is 6.03 Å². The number of piperidine rings is 1. The maximum absolute atomic E-state index is 12.4. The molecule has 152 valence electrons. The molecule has 1 aromatic heterocycles. The second-order valence-electron chi connectivity index (χ2n) is 6.88. The fourth-order valence-corrected chi connectivity index (χ4v) is 4.48. The molecule has 0 unspecified atom stereocenters. The van der Waals surface area contributed by atoms with Crippen molar-refractivity contribution in [1.82, 2.24) is 15.2 Å². The molecule has 0 atom stereocenters. The molecule has 2 aromatic carbocycles. The van der Waals surface area contributed by atoms with Crippen molar-refractivity contribution < 1.29 is 14.3 Å². The van der Waals surface area contributed by atoms with Gasteiger partial charge in [0.25, 0.3) is 5.19 Å². The van der Waals surface area contributed by atoms with Gasteiger partial charge in [-0.25, -0.2) is 9.78 Å². The van der Waals surface area contributed by atoms with Gasteiger partial charge in [0, 0.05) is 32.5 Å². The van der Waals surface area contributed by atoms with E-state index < -0.39 is 0 Å². The Labute approximate surface area is 178 Å². The van der Waals surface area contributed by atoms with Crippen LogP contribution in [0.1, 0.15) is 18.4 Å². The molecular weight excluding hydrogens is 410 g/mol. The third-order valence-corrected chi connectivity index (χ3v) is 6.17. The normalized spacial score (nSPS) is 14.8. The highest BCUT2D eigenvalue weighted by Gasteiger charge is 2.24. The highest BCUT2D eigenvalue weighted by atomic mass is 35.5. The lowest BCUT2D eigenvalue weighted by molar-refractivity contribution is 0.111. The van der Waals surface area contributed by atoms with Crippen molar-refractivity contribution in [3.63, 3.8) is 0 Å². The number of benzene rings is 2. The summed E-state index contributed by atoms with van der Waals surface area (Å²) in [4.78, 5) is 18.8. The minimum atomic E-state index is -0.0500. The fourth-order valence-electron chi connectivity index (χ4n) is 3.30. The minimum Gasteiger partial charge on any atom is -0.497 e. The molecule has 2 heterocycles. The summed E-state index contributed by atoms with van der Waals surface area (Å²) in [6.07, 6.45) is 1.61. The number of nitrogens with one attached hydrogen (secondary N) is 1. The van der Waals surface area contributed by atoms with Gasteiger partial charge in [-0.1, -0.05) is 41.1 Å². The maximum atomic E-state index is 12.4. The van der Waals surface area contributed by atoms with Crippen LogP contribution in [0.4, 0.5) is 4.79 Å². The van der Waals surface area contributed by atoms with Crippen LogP contribution in [-0.4, -0.2) is 42.2 Å². The summed E-state index contributed by atoms with van der Waals surface area (Å²) in [5.41, 5.74) is 1.82. The first-order valence-electron chi connectivity index (χ1n) is 9.50. The van der Waals surface area contributed by atoms with Gasteiger partial charge in [0.05, 0.1) is 16.8 Å². The number of nitrogens with zero attached hydrogens (tertiary/aromatic N) is 2. The van der Waals surface area contributed by atoms with Crippen molar-refractivity contribution in [1.29, 1.82) is 0 Å². The predicted molar refractivity (Wildman–Crippen MR) is 115 cm³/mol. The summed E-state index contributed by atoms with van der Waals surface area (Å²) < 4.78 is 12.2. The van der Waals surface area contributed by atoms with Crippen LogP contribution < -0.4 is 14.8 Å². The van der Waals surface area contributed by atoms with Crippen LogP contribution in [0.2, 0.25) is 5.02 Å². The van der Waals surface area contributed by atoms with Crippen LogP contribution in [0.3, 0.4) is 0 Å². The predicted octanol–water partition coefficient (Wildman–Crippen LogP) is 4.71. The Morgan fingerprint density at radius 3 is 2.69 bits per heavy atom. The lowest BCUT2D eigenvalue weighted by Gasteiger charge is -2.31. The zero-order chi connectivity index (χ0) is 20.2. The van der Waals surface area contributed by atoms with Gasteiger partial charge in [0.2, 0.25) is 0 Å². The molecule has 3 aromatic rings. The van der Waals surface area contributed by atoms with Crippen LogP contribution in [-0.2, 0) is 6.54 Å². The standard InChI is InChI=1S/C21H22ClN3O3S/c1-27-15-7-5-14(6-8-15)13-23-20(26)25-11-9-16(10-12-25)28-21-24-19-17(22)3-2-4-18(19)29-21/h2-8,16H,9-13H2,1H3,(H,23,26). The zero-order valence-corrected chi connectivity index (χ0v) is 17.6. The maximum Gasteiger partial charge on any atom is 0.317 e. The topological polar surface area (TPSA) is 63.7 Å². The largest absolute Gasteiger partial charge is 0.497 e. The van der Waals surface area contributed by atoms with E-state index >= 15 is 0 Å². The average molecular weight is 432 g/mol. The average Bonchev–Trinajstić information content (AvgIpc) is 3.17. The molecule has 1 saturated heterocycles. The molecule has 1 aliphatic heterocycles. The van der Waals surface area contributed by atoms with E-state index in [1.807, 2.05) is 47.4 Å². The number of likely N-dealkylation sites (tertiary alicyclic amines) is 1. The van der Waals surface area contributed by atoms with Crippen molar-refractivity contribution in [2.45, 2.75) is 25.5 Å². The number of urea groups is 1. The highest BCUT2D eigenvalue weighted by molar-refractivity contribution is 7.20. The Bertz CT molecular complexity index is 985. The molecule has 1 fully saturated rings. The Hall–Kier alpha value is -2.51. The summed E-state index contributed by atoms with van der Waals surface area (Å²) in [6.45, 7) is 1.81. The summed E-state index contributed by atoms with van der Waals surface area (Å²) in [5, 5.41) is 4.25. The summed E-state index contributed by atoms with van der Waals surface area (Å²) in [6, 6.07) is 13.4. The molecule has 6 nitrogen and oxygen atoms in total. The Balaban J connectivity index is 1.25. The lowest BCUT2D eigenvalue weighted by atomic mass is 10.1. The SMILES string of the molecule is COc1ccc(CNC(=O)N2CCC(Oc3nc4c(Cl)cccc4s3)CC2)cc1. The van der Waals surface area contributed by atoms with Crippen LogP contribution in [0.5, 0.6) is 10.9 Å². The van der Waals surface area contributed by atoms with E-state index in [0.29, 0.717) is 29.9 Å². The number of aromatic nitrogens is 1. The van der Waals surface area contributed by atoms with Crippen molar-refractivity contribution in [3.8, 4) is 10.9 Å². The number of rotatable bonds is 5. The van der Waals surface area contributed by atoms with E-state index in [1.54, 1.807) is 7.11 Å². The van der Waals surface area contributed by atoms with Crippen molar-refractivity contribution in [2.75, 3.05) is 20.2 Å². The minimum absolute atomic E-state index is 0.0500. The summed E-state index contributed by atoms with van der Waals surface area (Å²) in [7, 11) is 1.64.